The molecule has 0 atom stereocenters. The third kappa shape index (κ3) is 5.59. The number of hydrogen-bond donors (Lipinski definition) is 1. The molecule has 0 aliphatic heterocycles. The van der Waals surface area contributed by atoms with Crippen LogP contribution in [0.2, 0.25) is 5.02 Å². The Morgan fingerprint density at radius 1 is 1.38 bits per heavy atom. The summed E-state index contributed by atoms with van der Waals surface area (Å²) < 4.78 is 7.27. The summed E-state index contributed by atoms with van der Waals surface area (Å²) in [7, 11) is 7.44. The van der Waals surface area contributed by atoms with Crippen LogP contribution in [0.15, 0.2) is 41.5 Å². The second-order valence-electron chi connectivity index (χ2n) is 5.37. The molecule has 0 aliphatic carbocycles. The van der Waals surface area contributed by atoms with Crippen molar-refractivity contribution < 1.29 is 4.74 Å². The van der Waals surface area contributed by atoms with Gasteiger partial charge in [-0.1, -0.05) is 23.7 Å². The van der Waals surface area contributed by atoms with E-state index in [2.05, 4.69) is 21.3 Å². The number of nitrogens with zero attached hydrogens (tertiary/aromatic N) is 3. The standard InChI is InChI=1S/C17H23ClN4O.HI/c1-19-17(20-10-13-6-5-7-16(8-13)23-4)22(3)12-15-9-14(18)11-21(15)2;/h5-9,11H,10,12H2,1-4H3,(H,19,20);1H. The molecular weight excluding hydrogens is 439 g/mol. The van der Waals surface area contributed by atoms with E-state index in [0.717, 1.165) is 34.5 Å². The summed E-state index contributed by atoms with van der Waals surface area (Å²) in [4.78, 5) is 6.40. The maximum absolute atomic E-state index is 6.04. The second kappa shape index (κ2) is 9.78. The zero-order valence-corrected chi connectivity index (χ0v) is 17.5. The molecular formula is C17H24ClIN4O. The van der Waals surface area contributed by atoms with Gasteiger partial charge in [0.15, 0.2) is 5.96 Å². The summed E-state index contributed by atoms with van der Waals surface area (Å²) in [6.07, 6.45) is 1.90. The molecule has 0 aliphatic rings. The van der Waals surface area contributed by atoms with Crippen molar-refractivity contribution >= 4 is 41.5 Å². The molecule has 0 bridgehead atoms. The van der Waals surface area contributed by atoms with Crippen LogP contribution in [-0.2, 0) is 20.1 Å². The molecule has 1 aromatic carbocycles. The van der Waals surface area contributed by atoms with Gasteiger partial charge in [0.25, 0.3) is 0 Å². The SMILES string of the molecule is CN=C(NCc1cccc(OC)c1)N(C)Cc1cc(Cl)cn1C.I. The van der Waals surface area contributed by atoms with Crippen molar-refractivity contribution in [3.63, 3.8) is 0 Å². The van der Waals surface area contributed by atoms with Crippen molar-refractivity contribution in [2.75, 3.05) is 21.2 Å². The van der Waals surface area contributed by atoms with Gasteiger partial charge in [0.05, 0.1) is 18.7 Å². The fraction of sp³-hybridized carbons (Fsp3) is 0.353. The summed E-state index contributed by atoms with van der Waals surface area (Å²) in [5.74, 6) is 1.68. The zero-order chi connectivity index (χ0) is 16.8. The molecule has 5 nitrogen and oxygen atoms in total. The van der Waals surface area contributed by atoms with Gasteiger partial charge in [0.2, 0.25) is 0 Å². The molecule has 132 valence electrons. The van der Waals surface area contributed by atoms with Gasteiger partial charge in [0.1, 0.15) is 5.75 Å². The van der Waals surface area contributed by atoms with E-state index >= 15 is 0 Å². The predicted molar refractivity (Wildman–Crippen MR) is 110 cm³/mol. The maximum atomic E-state index is 6.04. The number of rotatable bonds is 5. The highest BCUT2D eigenvalue weighted by Gasteiger charge is 2.09. The number of nitrogens with one attached hydrogen (secondary N) is 1. The van der Waals surface area contributed by atoms with Crippen LogP contribution >= 0.6 is 35.6 Å². The van der Waals surface area contributed by atoms with Crippen molar-refractivity contribution in [3.8, 4) is 5.75 Å². The summed E-state index contributed by atoms with van der Waals surface area (Å²) in [6.45, 7) is 1.41. The summed E-state index contributed by atoms with van der Waals surface area (Å²) in [6, 6.07) is 9.95. The molecule has 0 spiro atoms. The first-order valence-corrected chi connectivity index (χ1v) is 7.76. The topological polar surface area (TPSA) is 41.8 Å². The van der Waals surface area contributed by atoms with Gasteiger partial charge in [-0.2, -0.15) is 0 Å². The van der Waals surface area contributed by atoms with E-state index in [1.807, 2.05) is 49.1 Å². The number of guanidine groups is 1. The third-order valence-electron chi connectivity index (χ3n) is 3.63. The van der Waals surface area contributed by atoms with Crippen LogP contribution in [0.4, 0.5) is 0 Å². The molecule has 0 saturated heterocycles. The smallest absolute Gasteiger partial charge is 0.194 e. The lowest BCUT2D eigenvalue weighted by atomic mass is 10.2. The van der Waals surface area contributed by atoms with Gasteiger partial charge < -0.3 is 19.5 Å². The number of halogens is 2. The Labute approximate surface area is 165 Å². The largest absolute Gasteiger partial charge is 0.497 e. The van der Waals surface area contributed by atoms with E-state index in [0.29, 0.717) is 6.54 Å². The van der Waals surface area contributed by atoms with Gasteiger partial charge >= 0.3 is 0 Å². The fourth-order valence-electron chi connectivity index (χ4n) is 2.39. The molecule has 2 rings (SSSR count). The van der Waals surface area contributed by atoms with Crippen LogP contribution in [0, 0.1) is 0 Å². The average molecular weight is 463 g/mol. The molecule has 24 heavy (non-hydrogen) atoms. The first kappa shape index (κ1) is 20.6. The minimum atomic E-state index is 0. The Kier molecular flexibility index (Phi) is 8.41. The van der Waals surface area contributed by atoms with Crippen molar-refractivity contribution in [1.82, 2.24) is 14.8 Å². The maximum Gasteiger partial charge on any atom is 0.194 e. The van der Waals surface area contributed by atoms with Crippen LogP contribution in [0.3, 0.4) is 0 Å². The zero-order valence-electron chi connectivity index (χ0n) is 14.4. The first-order valence-electron chi connectivity index (χ1n) is 7.39. The van der Waals surface area contributed by atoms with E-state index in [1.54, 1.807) is 14.2 Å². The van der Waals surface area contributed by atoms with E-state index in [1.165, 1.54) is 0 Å². The van der Waals surface area contributed by atoms with Crippen molar-refractivity contribution in [2.45, 2.75) is 13.1 Å². The lowest BCUT2D eigenvalue weighted by Gasteiger charge is -2.22. The van der Waals surface area contributed by atoms with E-state index < -0.39 is 0 Å². The van der Waals surface area contributed by atoms with Gasteiger partial charge in [-0.25, -0.2) is 0 Å². The highest BCUT2D eigenvalue weighted by Crippen LogP contribution is 2.15. The lowest BCUT2D eigenvalue weighted by Crippen LogP contribution is -2.38. The normalized spacial score (nSPS) is 11.0. The summed E-state index contributed by atoms with van der Waals surface area (Å²) >= 11 is 6.04. The summed E-state index contributed by atoms with van der Waals surface area (Å²) in [5.41, 5.74) is 2.27. The Morgan fingerprint density at radius 2 is 2.12 bits per heavy atom. The van der Waals surface area contributed by atoms with Crippen LogP contribution in [0.5, 0.6) is 5.75 Å². The number of aliphatic imine (C=N–C) groups is 1. The molecule has 2 aromatic rings. The van der Waals surface area contributed by atoms with Gasteiger partial charge in [-0.05, 0) is 23.8 Å². The van der Waals surface area contributed by atoms with Crippen molar-refractivity contribution in [1.29, 1.82) is 0 Å². The monoisotopic (exact) mass is 462 g/mol. The lowest BCUT2D eigenvalue weighted by molar-refractivity contribution is 0.414. The minimum absolute atomic E-state index is 0. The third-order valence-corrected chi connectivity index (χ3v) is 3.84. The van der Waals surface area contributed by atoms with Crippen molar-refractivity contribution in [3.05, 3.63) is 52.8 Å². The molecule has 0 amide bonds. The first-order chi connectivity index (χ1) is 11.0. The quantitative estimate of drug-likeness (QED) is 0.420. The van der Waals surface area contributed by atoms with Crippen LogP contribution in [0.25, 0.3) is 0 Å². The van der Waals surface area contributed by atoms with E-state index in [4.69, 9.17) is 16.3 Å². The molecule has 0 unspecified atom stereocenters. The number of ether oxygens (including phenoxy) is 1. The predicted octanol–water partition coefficient (Wildman–Crippen LogP) is 3.51. The highest BCUT2D eigenvalue weighted by molar-refractivity contribution is 14.0. The number of hydrogen-bond acceptors (Lipinski definition) is 2. The van der Waals surface area contributed by atoms with Gasteiger partial charge in [0, 0.05) is 39.6 Å². The Balaban J connectivity index is 0.00000288. The Morgan fingerprint density at radius 3 is 2.71 bits per heavy atom. The molecule has 1 aromatic heterocycles. The number of aromatic nitrogens is 1. The number of methoxy groups -OCH3 is 1. The molecule has 0 saturated carbocycles. The minimum Gasteiger partial charge on any atom is -0.497 e. The average Bonchev–Trinajstić information content (AvgIpc) is 2.85. The molecule has 1 N–H and O–H groups in total. The Bertz CT molecular complexity index is 687. The van der Waals surface area contributed by atoms with Crippen molar-refractivity contribution in [2.24, 2.45) is 12.0 Å². The van der Waals surface area contributed by atoms with Crippen LogP contribution in [0.1, 0.15) is 11.3 Å². The Hall–Kier alpha value is -1.41. The van der Waals surface area contributed by atoms with Crippen LogP contribution in [-0.4, -0.2) is 36.6 Å². The molecule has 0 radical (unpaired) electrons. The van der Waals surface area contributed by atoms with Crippen LogP contribution < -0.4 is 10.1 Å². The summed E-state index contributed by atoms with van der Waals surface area (Å²) in [5, 5.41) is 4.11. The number of benzene rings is 1. The second-order valence-corrected chi connectivity index (χ2v) is 5.81. The van der Waals surface area contributed by atoms with E-state index in [9.17, 15) is 0 Å². The fourth-order valence-corrected chi connectivity index (χ4v) is 2.66. The molecule has 0 fully saturated rings. The highest BCUT2D eigenvalue weighted by atomic mass is 127. The number of aryl methyl sites for hydroxylation is 1. The van der Waals surface area contributed by atoms with E-state index in [-0.39, 0.29) is 24.0 Å². The van der Waals surface area contributed by atoms with Gasteiger partial charge in [-0.15, -0.1) is 24.0 Å². The molecule has 1 heterocycles. The van der Waals surface area contributed by atoms with Gasteiger partial charge in [-0.3, -0.25) is 4.99 Å². The molecule has 7 heteroatoms.